The molecule has 0 spiro atoms. The zero-order valence-corrected chi connectivity index (χ0v) is 9.70. The van der Waals surface area contributed by atoms with Crippen molar-refractivity contribution < 1.29 is 0 Å². The van der Waals surface area contributed by atoms with E-state index in [2.05, 4.69) is 61.5 Å². The van der Waals surface area contributed by atoms with Gasteiger partial charge in [-0.25, -0.2) is 0 Å². The summed E-state index contributed by atoms with van der Waals surface area (Å²) in [7, 11) is 4.20. The molecular formula is C15H15N. The Kier molecular flexibility index (Phi) is 2.00. The van der Waals surface area contributed by atoms with E-state index < -0.39 is 0 Å². The second-order valence-electron chi connectivity index (χ2n) is 4.51. The van der Waals surface area contributed by atoms with Crippen molar-refractivity contribution in [3.8, 4) is 0 Å². The first kappa shape index (κ1) is 9.46. The molecule has 0 amide bonds. The van der Waals surface area contributed by atoms with Gasteiger partial charge in [-0.05, 0) is 28.8 Å². The SMILES string of the molecule is CN(C)c1ccc2cccc3c2c1C=CC3. The van der Waals surface area contributed by atoms with Crippen molar-refractivity contribution in [2.24, 2.45) is 0 Å². The van der Waals surface area contributed by atoms with Crippen LogP contribution in [0.5, 0.6) is 0 Å². The molecule has 0 fully saturated rings. The van der Waals surface area contributed by atoms with Gasteiger partial charge in [0.25, 0.3) is 0 Å². The Hall–Kier alpha value is -1.76. The maximum Gasteiger partial charge on any atom is 0.0441 e. The lowest BCUT2D eigenvalue weighted by Gasteiger charge is -2.21. The minimum Gasteiger partial charge on any atom is -0.377 e. The third kappa shape index (κ3) is 1.25. The van der Waals surface area contributed by atoms with E-state index in [4.69, 9.17) is 0 Å². The third-order valence-corrected chi connectivity index (χ3v) is 3.25. The number of nitrogens with zero attached hydrogens (tertiary/aromatic N) is 1. The number of hydrogen-bond acceptors (Lipinski definition) is 1. The quantitative estimate of drug-likeness (QED) is 0.695. The van der Waals surface area contributed by atoms with E-state index in [0.29, 0.717) is 0 Å². The molecule has 3 rings (SSSR count). The summed E-state index contributed by atoms with van der Waals surface area (Å²) < 4.78 is 0. The molecular weight excluding hydrogens is 194 g/mol. The van der Waals surface area contributed by atoms with E-state index in [9.17, 15) is 0 Å². The maximum atomic E-state index is 2.25. The van der Waals surface area contributed by atoms with Gasteiger partial charge in [-0.2, -0.15) is 0 Å². The topological polar surface area (TPSA) is 3.24 Å². The van der Waals surface area contributed by atoms with Crippen molar-refractivity contribution in [3.63, 3.8) is 0 Å². The van der Waals surface area contributed by atoms with Crippen LogP contribution >= 0.6 is 0 Å². The summed E-state index contributed by atoms with van der Waals surface area (Å²) >= 11 is 0. The number of benzene rings is 2. The molecule has 0 saturated carbocycles. The number of hydrogen-bond donors (Lipinski definition) is 0. The smallest absolute Gasteiger partial charge is 0.0441 e. The van der Waals surface area contributed by atoms with Gasteiger partial charge in [-0.1, -0.05) is 36.4 Å². The number of anilines is 1. The van der Waals surface area contributed by atoms with Crippen LogP contribution in [0.2, 0.25) is 0 Å². The van der Waals surface area contributed by atoms with Crippen LogP contribution in [0.1, 0.15) is 11.1 Å². The van der Waals surface area contributed by atoms with Crippen LogP contribution < -0.4 is 4.90 Å². The Labute approximate surface area is 96.0 Å². The molecule has 0 bridgehead atoms. The molecule has 0 atom stereocenters. The summed E-state index contributed by atoms with van der Waals surface area (Å²) in [5, 5.41) is 2.78. The summed E-state index contributed by atoms with van der Waals surface area (Å²) in [6, 6.07) is 11.0. The van der Waals surface area contributed by atoms with Crippen molar-refractivity contribution in [1.82, 2.24) is 0 Å². The fourth-order valence-electron chi connectivity index (χ4n) is 2.51. The molecule has 2 aromatic carbocycles. The molecule has 1 aliphatic rings. The maximum absolute atomic E-state index is 2.25. The minimum absolute atomic E-state index is 1.06. The zero-order chi connectivity index (χ0) is 11.1. The number of allylic oxidation sites excluding steroid dienone is 1. The first-order valence-electron chi connectivity index (χ1n) is 5.66. The van der Waals surface area contributed by atoms with E-state index in [1.54, 1.807) is 0 Å². The van der Waals surface area contributed by atoms with Gasteiger partial charge in [0.05, 0.1) is 0 Å². The molecule has 1 aliphatic carbocycles. The molecule has 0 saturated heterocycles. The van der Waals surface area contributed by atoms with Gasteiger partial charge in [0, 0.05) is 25.3 Å². The molecule has 0 heterocycles. The molecule has 0 aromatic heterocycles. The van der Waals surface area contributed by atoms with E-state index in [1.807, 2.05) is 0 Å². The molecule has 0 unspecified atom stereocenters. The van der Waals surface area contributed by atoms with Crippen LogP contribution in [0.3, 0.4) is 0 Å². The fraction of sp³-hybridized carbons (Fsp3) is 0.200. The van der Waals surface area contributed by atoms with Gasteiger partial charge in [-0.3, -0.25) is 0 Å². The Morgan fingerprint density at radius 2 is 1.94 bits per heavy atom. The van der Waals surface area contributed by atoms with E-state index in [1.165, 1.54) is 27.6 Å². The van der Waals surface area contributed by atoms with Gasteiger partial charge in [0.15, 0.2) is 0 Å². The highest BCUT2D eigenvalue weighted by molar-refractivity contribution is 5.99. The fourth-order valence-corrected chi connectivity index (χ4v) is 2.51. The lowest BCUT2D eigenvalue weighted by atomic mass is 9.92. The van der Waals surface area contributed by atoms with Crippen LogP contribution in [-0.4, -0.2) is 14.1 Å². The predicted octanol–water partition coefficient (Wildman–Crippen LogP) is 3.48. The Bertz CT molecular complexity index is 579. The standard InChI is InChI=1S/C15H15N/c1-16(2)14-10-9-12-6-3-5-11-7-4-8-13(14)15(11)12/h3-6,8-10H,7H2,1-2H3. The second-order valence-corrected chi connectivity index (χ2v) is 4.51. The van der Waals surface area contributed by atoms with Gasteiger partial charge in [0.1, 0.15) is 0 Å². The summed E-state index contributed by atoms with van der Waals surface area (Å²) in [4.78, 5) is 2.18. The second kappa shape index (κ2) is 3.38. The summed E-state index contributed by atoms with van der Waals surface area (Å²) in [6.07, 6.45) is 5.57. The zero-order valence-electron chi connectivity index (χ0n) is 9.70. The molecule has 0 N–H and O–H groups in total. The predicted molar refractivity (Wildman–Crippen MR) is 71.0 cm³/mol. The van der Waals surface area contributed by atoms with Crippen molar-refractivity contribution >= 4 is 22.5 Å². The van der Waals surface area contributed by atoms with Gasteiger partial charge < -0.3 is 4.90 Å². The average Bonchev–Trinajstić information content (AvgIpc) is 2.30. The Morgan fingerprint density at radius 3 is 2.75 bits per heavy atom. The highest BCUT2D eigenvalue weighted by Gasteiger charge is 2.12. The van der Waals surface area contributed by atoms with Gasteiger partial charge >= 0.3 is 0 Å². The summed E-state index contributed by atoms with van der Waals surface area (Å²) in [6.45, 7) is 0. The van der Waals surface area contributed by atoms with Crippen LogP contribution in [0.4, 0.5) is 5.69 Å². The third-order valence-electron chi connectivity index (χ3n) is 3.25. The lowest BCUT2D eigenvalue weighted by molar-refractivity contribution is 1.13. The van der Waals surface area contributed by atoms with Crippen molar-refractivity contribution in [2.45, 2.75) is 6.42 Å². The normalized spacial score (nSPS) is 13.1. The van der Waals surface area contributed by atoms with E-state index in [0.717, 1.165) is 6.42 Å². The monoisotopic (exact) mass is 209 g/mol. The summed E-state index contributed by atoms with van der Waals surface area (Å²) in [5.41, 5.74) is 4.11. The van der Waals surface area contributed by atoms with Crippen molar-refractivity contribution in [3.05, 3.63) is 47.5 Å². The van der Waals surface area contributed by atoms with E-state index >= 15 is 0 Å². The molecule has 2 aromatic rings. The van der Waals surface area contributed by atoms with Crippen LogP contribution in [0.15, 0.2) is 36.4 Å². The molecule has 0 aliphatic heterocycles. The first-order chi connectivity index (χ1) is 7.77. The Balaban J connectivity index is 2.44. The van der Waals surface area contributed by atoms with Crippen LogP contribution in [0, 0.1) is 0 Å². The van der Waals surface area contributed by atoms with Crippen LogP contribution in [-0.2, 0) is 6.42 Å². The lowest BCUT2D eigenvalue weighted by Crippen LogP contribution is -2.11. The average molecular weight is 209 g/mol. The number of rotatable bonds is 1. The minimum atomic E-state index is 1.06. The molecule has 16 heavy (non-hydrogen) atoms. The molecule has 1 nitrogen and oxygen atoms in total. The van der Waals surface area contributed by atoms with Crippen molar-refractivity contribution in [1.29, 1.82) is 0 Å². The molecule has 80 valence electrons. The van der Waals surface area contributed by atoms with Crippen molar-refractivity contribution in [2.75, 3.05) is 19.0 Å². The summed E-state index contributed by atoms with van der Waals surface area (Å²) in [5.74, 6) is 0. The highest BCUT2D eigenvalue weighted by Crippen LogP contribution is 2.34. The highest BCUT2D eigenvalue weighted by atomic mass is 15.1. The van der Waals surface area contributed by atoms with Gasteiger partial charge in [-0.15, -0.1) is 0 Å². The van der Waals surface area contributed by atoms with E-state index in [-0.39, 0.29) is 0 Å². The first-order valence-corrected chi connectivity index (χ1v) is 5.66. The molecule has 1 heteroatoms. The molecule has 0 radical (unpaired) electrons. The van der Waals surface area contributed by atoms with Crippen LogP contribution in [0.25, 0.3) is 16.8 Å². The Morgan fingerprint density at radius 1 is 1.06 bits per heavy atom. The van der Waals surface area contributed by atoms with Gasteiger partial charge in [0.2, 0.25) is 0 Å². The largest absolute Gasteiger partial charge is 0.377 e.